The molecule has 82 valence electrons. The summed E-state index contributed by atoms with van der Waals surface area (Å²) >= 11 is 0. The van der Waals surface area contributed by atoms with Crippen LogP contribution in [0.25, 0.3) is 0 Å². The molecule has 0 spiro atoms. The lowest BCUT2D eigenvalue weighted by molar-refractivity contribution is -0.0345. The molecule has 0 amide bonds. The first-order chi connectivity index (χ1) is 7.27. The highest BCUT2D eigenvalue weighted by Gasteiger charge is 2.29. The van der Waals surface area contributed by atoms with Crippen LogP contribution in [0.4, 0.5) is 0 Å². The molecule has 1 saturated heterocycles. The highest BCUT2D eigenvalue weighted by atomic mass is 16.3. The molecule has 3 N–H and O–H groups in total. The molecule has 1 aliphatic rings. The molecule has 15 heavy (non-hydrogen) atoms. The van der Waals surface area contributed by atoms with E-state index in [0.717, 1.165) is 13.0 Å². The number of piperidine rings is 1. The van der Waals surface area contributed by atoms with Gasteiger partial charge in [0.05, 0.1) is 12.2 Å². The molecule has 0 bridgehead atoms. The number of β-amino-alcohol motifs (C(OH)–C–C–N with tert-alkyl or cyclic N) is 1. The van der Waals surface area contributed by atoms with Gasteiger partial charge in [0.2, 0.25) is 0 Å². The maximum atomic E-state index is 9.81. The van der Waals surface area contributed by atoms with Crippen molar-refractivity contribution in [2.45, 2.75) is 18.6 Å². The van der Waals surface area contributed by atoms with Gasteiger partial charge in [0.1, 0.15) is 0 Å². The molecular formula is C12H17NO2. The topological polar surface area (TPSA) is 52.5 Å². The molecule has 1 heterocycles. The molecule has 3 atom stereocenters. The van der Waals surface area contributed by atoms with Crippen LogP contribution in [-0.4, -0.2) is 35.5 Å². The van der Waals surface area contributed by atoms with Crippen LogP contribution in [0.1, 0.15) is 5.56 Å². The Hall–Kier alpha value is -0.900. The van der Waals surface area contributed by atoms with Crippen LogP contribution in [0.2, 0.25) is 0 Å². The van der Waals surface area contributed by atoms with Crippen molar-refractivity contribution < 1.29 is 10.2 Å². The maximum absolute atomic E-state index is 9.81. The Bertz CT molecular complexity index is 302. The average molecular weight is 207 g/mol. The van der Waals surface area contributed by atoms with E-state index in [0.29, 0.717) is 6.54 Å². The van der Waals surface area contributed by atoms with Gasteiger partial charge >= 0.3 is 0 Å². The summed E-state index contributed by atoms with van der Waals surface area (Å²) < 4.78 is 0. The van der Waals surface area contributed by atoms with Gasteiger partial charge in [-0.05, 0) is 12.0 Å². The van der Waals surface area contributed by atoms with Gasteiger partial charge in [0.25, 0.3) is 0 Å². The Morgan fingerprint density at radius 2 is 1.87 bits per heavy atom. The summed E-state index contributed by atoms with van der Waals surface area (Å²) in [7, 11) is 0. The van der Waals surface area contributed by atoms with E-state index in [4.69, 9.17) is 0 Å². The van der Waals surface area contributed by atoms with Crippen molar-refractivity contribution in [2.75, 3.05) is 13.1 Å². The van der Waals surface area contributed by atoms with Gasteiger partial charge in [-0.2, -0.15) is 0 Å². The largest absolute Gasteiger partial charge is 0.390 e. The summed E-state index contributed by atoms with van der Waals surface area (Å²) in [6.45, 7) is 1.26. The average Bonchev–Trinajstić information content (AvgIpc) is 2.26. The van der Waals surface area contributed by atoms with Gasteiger partial charge < -0.3 is 15.5 Å². The van der Waals surface area contributed by atoms with Gasteiger partial charge in [0, 0.05) is 19.0 Å². The molecule has 0 aliphatic carbocycles. The lowest BCUT2D eigenvalue weighted by Crippen LogP contribution is -2.51. The first-order valence-electron chi connectivity index (χ1n) is 5.38. The Morgan fingerprint density at radius 3 is 2.60 bits per heavy atom. The summed E-state index contributed by atoms with van der Waals surface area (Å²) in [6.07, 6.45) is -0.426. The summed E-state index contributed by atoms with van der Waals surface area (Å²) in [4.78, 5) is 0. The van der Waals surface area contributed by atoms with Crippen molar-refractivity contribution in [3.05, 3.63) is 35.9 Å². The quantitative estimate of drug-likeness (QED) is 0.648. The van der Waals surface area contributed by atoms with Crippen molar-refractivity contribution >= 4 is 0 Å². The molecule has 0 radical (unpaired) electrons. The predicted molar refractivity (Wildman–Crippen MR) is 58.5 cm³/mol. The van der Waals surface area contributed by atoms with Crippen LogP contribution in [-0.2, 0) is 6.42 Å². The van der Waals surface area contributed by atoms with E-state index in [2.05, 4.69) is 5.32 Å². The van der Waals surface area contributed by atoms with Crippen LogP contribution in [0.15, 0.2) is 30.3 Å². The second-order valence-corrected chi connectivity index (χ2v) is 4.17. The number of hydrogen-bond donors (Lipinski definition) is 3. The number of benzene rings is 1. The van der Waals surface area contributed by atoms with Crippen molar-refractivity contribution in [2.24, 2.45) is 5.92 Å². The second kappa shape index (κ2) is 4.75. The summed E-state index contributed by atoms with van der Waals surface area (Å²) in [5.41, 5.74) is 1.21. The standard InChI is InChI=1S/C12H17NO2/c14-11-8-13-7-10(12(11)15)6-9-4-2-1-3-5-9/h1-5,10-15H,6-8H2/t10?,11-,12-/m1/s1. The van der Waals surface area contributed by atoms with Crippen LogP contribution in [0.5, 0.6) is 0 Å². The number of rotatable bonds is 2. The molecular weight excluding hydrogens is 190 g/mol. The Kier molecular flexibility index (Phi) is 3.36. The van der Waals surface area contributed by atoms with Gasteiger partial charge in [0.15, 0.2) is 0 Å². The van der Waals surface area contributed by atoms with Crippen LogP contribution in [0.3, 0.4) is 0 Å². The van der Waals surface area contributed by atoms with E-state index in [1.807, 2.05) is 30.3 Å². The van der Waals surface area contributed by atoms with E-state index < -0.39 is 12.2 Å². The zero-order valence-electron chi connectivity index (χ0n) is 8.63. The number of nitrogens with one attached hydrogen (secondary N) is 1. The van der Waals surface area contributed by atoms with E-state index >= 15 is 0 Å². The highest BCUT2D eigenvalue weighted by Crippen LogP contribution is 2.17. The lowest BCUT2D eigenvalue weighted by atomic mass is 9.88. The van der Waals surface area contributed by atoms with Gasteiger partial charge in [-0.15, -0.1) is 0 Å². The van der Waals surface area contributed by atoms with Crippen molar-refractivity contribution in [3.63, 3.8) is 0 Å². The molecule has 3 heteroatoms. The minimum Gasteiger partial charge on any atom is -0.390 e. The fraction of sp³-hybridized carbons (Fsp3) is 0.500. The molecule has 1 aliphatic heterocycles. The number of aliphatic hydroxyl groups is 2. The molecule has 3 nitrogen and oxygen atoms in total. The Morgan fingerprint density at radius 1 is 1.13 bits per heavy atom. The third-order valence-corrected chi connectivity index (χ3v) is 2.98. The molecule has 0 aromatic heterocycles. The number of hydrogen-bond acceptors (Lipinski definition) is 3. The van der Waals surface area contributed by atoms with Gasteiger partial charge in [-0.25, -0.2) is 0 Å². The molecule has 1 fully saturated rings. The molecule has 1 unspecified atom stereocenters. The summed E-state index contributed by atoms with van der Waals surface area (Å²) in [5.74, 6) is 0.108. The third kappa shape index (κ3) is 2.56. The van der Waals surface area contributed by atoms with Crippen LogP contribution in [0, 0.1) is 5.92 Å². The smallest absolute Gasteiger partial charge is 0.0926 e. The maximum Gasteiger partial charge on any atom is 0.0926 e. The van der Waals surface area contributed by atoms with E-state index in [1.54, 1.807) is 0 Å². The van der Waals surface area contributed by atoms with Crippen molar-refractivity contribution in [3.8, 4) is 0 Å². The fourth-order valence-electron chi connectivity index (χ4n) is 2.08. The van der Waals surface area contributed by atoms with Crippen LogP contribution >= 0.6 is 0 Å². The van der Waals surface area contributed by atoms with Gasteiger partial charge in [-0.1, -0.05) is 30.3 Å². The molecule has 1 aromatic rings. The molecule has 2 rings (SSSR count). The molecule has 0 saturated carbocycles. The molecule has 1 aromatic carbocycles. The first-order valence-corrected chi connectivity index (χ1v) is 5.38. The summed E-state index contributed by atoms with van der Waals surface area (Å²) in [6, 6.07) is 10.1. The second-order valence-electron chi connectivity index (χ2n) is 4.17. The van der Waals surface area contributed by atoms with E-state index in [-0.39, 0.29) is 5.92 Å². The zero-order valence-corrected chi connectivity index (χ0v) is 8.63. The monoisotopic (exact) mass is 207 g/mol. The zero-order chi connectivity index (χ0) is 10.7. The van der Waals surface area contributed by atoms with Gasteiger partial charge in [-0.3, -0.25) is 0 Å². The normalized spacial score (nSPS) is 31.5. The lowest BCUT2D eigenvalue weighted by Gasteiger charge is -2.32. The minimum absolute atomic E-state index is 0.108. The van der Waals surface area contributed by atoms with Crippen LogP contribution < -0.4 is 5.32 Å². The van der Waals surface area contributed by atoms with E-state index in [1.165, 1.54) is 5.56 Å². The van der Waals surface area contributed by atoms with Crippen molar-refractivity contribution in [1.29, 1.82) is 0 Å². The van der Waals surface area contributed by atoms with E-state index in [9.17, 15) is 10.2 Å². The number of aliphatic hydroxyl groups excluding tert-OH is 2. The third-order valence-electron chi connectivity index (χ3n) is 2.98. The van der Waals surface area contributed by atoms with Crippen molar-refractivity contribution in [1.82, 2.24) is 5.32 Å². The fourth-order valence-corrected chi connectivity index (χ4v) is 2.08. The minimum atomic E-state index is -0.632. The summed E-state index contributed by atoms with van der Waals surface area (Å²) in [5, 5.41) is 22.4. The highest BCUT2D eigenvalue weighted by molar-refractivity contribution is 5.16. The Balaban J connectivity index is 1.99. The first kappa shape index (κ1) is 10.6. The Labute approximate surface area is 89.8 Å². The SMILES string of the molecule is O[C@@H]1CNCC(Cc2ccccc2)[C@H]1O. The predicted octanol–water partition coefficient (Wildman–Crippen LogP) is 0.170.